The van der Waals surface area contributed by atoms with Gasteiger partial charge in [-0.25, -0.2) is 8.42 Å². The number of hydroxylamine groups is 2. The quantitative estimate of drug-likeness (QED) is 0.679. The number of amides is 1. The van der Waals surface area contributed by atoms with Gasteiger partial charge in [-0.05, 0) is 78.7 Å². The van der Waals surface area contributed by atoms with Gasteiger partial charge in [-0.15, -0.1) is 5.06 Å². The first-order valence-corrected chi connectivity index (χ1v) is 14.6. The SMILES string of the molecule is CC.CC1C[C@H]2NC(=O)C=CC2(C)C2CCC3(C)CN(Oc4ccc(S(C)(=O)=O)cc4)CC3C12. The third kappa shape index (κ3) is 4.30. The van der Waals surface area contributed by atoms with Gasteiger partial charge in [0.1, 0.15) is 5.75 Å². The van der Waals surface area contributed by atoms with Crippen LogP contribution in [0, 0.1) is 34.5 Å². The van der Waals surface area contributed by atoms with Crippen molar-refractivity contribution in [3.63, 3.8) is 0 Å². The van der Waals surface area contributed by atoms with Crippen LogP contribution in [0.4, 0.5) is 0 Å². The van der Waals surface area contributed by atoms with Crippen LogP contribution in [0.2, 0.25) is 0 Å². The highest BCUT2D eigenvalue weighted by molar-refractivity contribution is 7.90. The molecule has 5 rings (SSSR count). The first-order chi connectivity index (χ1) is 16.0. The molecule has 0 spiro atoms. The summed E-state index contributed by atoms with van der Waals surface area (Å²) in [5.74, 6) is 2.95. The number of sulfone groups is 1. The number of nitrogens with one attached hydrogen (secondary N) is 1. The lowest BCUT2D eigenvalue weighted by Crippen LogP contribution is -2.61. The number of carbonyl (C=O) groups is 1. The molecule has 34 heavy (non-hydrogen) atoms. The van der Waals surface area contributed by atoms with Gasteiger partial charge in [0.25, 0.3) is 0 Å². The Bertz CT molecular complexity index is 1050. The van der Waals surface area contributed by atoms with E-state index >= 15 is 0 Å². The number of fused-ring (bicyclic) bond motifs is 5. The molecule has 2 aliphatic heterocycles. The van der Waals surface area contributed by atoms with Gasteiger partial charge >= 0.3 is 0 Å². The van der Waals surface area contributed by atoms with Crippen molar-refractivity contribution in [3.8, 4) is 5.75 Å². The molecule has 7 heteroatoms. The number of rotatable bonds is 3. The van der Waals surface area contributed by atoms with E-state index in [0.29, 0.717) is 34.3 Å². The van der Waals surface area contributed by atoms with Crippen molar-refractivity contribution in [1.82, 2.24) is 10.4 Å². The van der Waals surface area contributed by atoms with E-state index in [-0.39, 0.29) is 22.8 Å². The van der Waals surface area contributed by atoms with Crippen LogP contribution >= 0.6 is 0 Å². The number of hydrogen-bond donors (Lipinski definition) is 1. The van der Waals surface area contributed by atoms with Gasteiger partial charge < -0.3 is 10.2 Å². The molecule has 0 radical (unpaired) electrons. The molecule has 7 atom stereocenters. The first kappa shape index (κ1) is 25.2. The summed E-state index contributed by atoms with van der Waals surface area (Å²) in [5, 5.41) is 5.33. The third-order valence-corrected chi connectivity index (χ3v) is 10.1. The zero-order chi connectivity index (χ0) is 24.9. The number of carbonyl (C=O) groups excluding carboxylic acids is 1. The minimum atomic E-state index is -3.21. The van der Waals surface area contributed by atoms with E-state index in [4.69, 9.17) is 4.84 Å². The van der Waals surface area contributed by atoms with Crippen molar-refractivity contribution in [2.24, 2.45) is 34.5 Å². The van der Waals surface area contributed by atoms with Gasteiger partial charge in [0.2, 0.25) is 5.91 Å². The maximum absolute atomic E-state index is 12.0. The Balaban J connectivity index is 0.00000133. The average Bonchev–Trinajstić information content (AvgIpc) is 3.12. The molecule has 1 N–H and O–H groups in total. The van der Waals surface area contributed by atoms with Gasteiger partial charge in [0.15, 0.2) is 9.84 Å². The molecule has 3 fully saturated rings. The van der Waals surface area contributed by atoms with Crippen molar-refractivity contribution in [3.05, 3.63) is 36.4 Å². The van der Waals surface area contributed by atoms with E-state index in [2.05, 4.69) is 37.2 Å². The van der Waals surface area contributed by atoms with Crippen LogP contribution in [0.1, 0.15) is 53.9 Å². The Kier molecular flexibility index (Phi) is 6.66. The molecular weight excluding hydrogens is 448 g/mol. The highest BCUT2D eigenvalue weighted by Crippen LogP contribution is 2.62. The molecule has 0 bridgehead atoms. The van der Waals surface area contributed by atoms with Crippen LogP contribution in [0.25, 0.3) is 0 Å². The molecule has 2 aliphatic carbocycles. The van der Waals surface area contributed by atoms with E-state index in [0.717, 1.165) is 25.9 Å². The van der Waals surface area contributed by atoms with Crippen molar-refractivity contribution < 1.29 is 18.0 Å². The van der Waals surface area contributed by atoms with Crippen LogP contribution in [-0.4, -0.2) is 44.8 Å². The first-order valence-electron chi connectivity index (χ1n) is 12.7. The second-order valence-electron chi connectivity index (χ2n) is 11.1. The van der Waals surface area contributed by atoms with E-state index in [1.54, 1.807) is 30.3 Å². The average molecular weight is 489 g/mol. The standard InChI is InChI=1S/C25H34N2O4S.C2H6/c1-16-13-21-25(3,12-10-22(28)26-21)19-9-11-24(2)15-27(14-20(24)23(16)19)31-17-5-7-18(8-6-17)32(4,29)30;1-2/h5-8,10,12,16,19-21,23H,9,11,13-15H2,1-4H3,(H,26,28);1-2H3/t16?,19?,20?,21-,23?,24?,25?;/m1./s1. The molecule has 1 aromatic rings. The maximum atomic E-state index is 12.0. The molecule has 4 aliphatic rings. The molecule has 2 saturated carbocycles. The Morgan fingerprint density at radius 1 is 1.12 bits per heavy atom. The minimum Gasteiger partial charge on any atom is -0.406 e. The monoisotopic (exact) mass is 488 g/mol. The summed E-state index contributed by atoms with van der Waals surface area (Å²) in [7, 11) is -3.21. The zero-order valence-electron chi connectivity index (χ0n) is 21.4. The third-order valence-electron chi connectivity index (χ3n) is 9.00. The van der Waals surface area contributed by atoms with E-state index in [1.807, 2.05) is 13.8 Å². The van der Waals surface area contributed by atoms with Gasteiger partial charge in [-0.3, -0.25) is 4.79 Å². The second-order valence-corrected chi connectivity index (χ2v) is 13.1. The molecule has 0 aromatic heterocycles. The lowest BCUT2D eigenvalue weighted by atomic mass is 9.46. The van der Waals surface area contributed by atoms with Crippen molar-refractivity contribution in [2.45, 2.75) is 64.8 Å². The Morgan fingerprint density at radius 3 is 2.44 bits per heavy atom. The summed E-state index contributed by atoms with van der Waals surface area (Å²) in [6, 6.07) is 6.93. The van der Waals surface area contributed by atoms with Crippen molar-refractivity contribution in [1.29, 1.82) is 0 Å². The molecule has 188 valence electrons. The van der Waals surface area contributed by atoms with Gasteiger partial charge in [0, 0.05) is 30.8 Å². The summed E-state index contributed by atoms with van der Waals surface area (Å²) in [6.07, 6.45) is 8.49. The molecule has 6 nitrogen and oxygen atoms in total. The van der Waals surface area contributed by atoms with Crippen LogP contribution in [-0.2, 0) is 14.6 Å². The molecule has 6 unspecified atom stereocenters. The summed E-state index contributed by atoms with van der Waals surface area (Å²) < 4.78 is 23.5. The van der Waals surface area contributed by atoms with Gasteiger partial charge in [-0.1, -0.05) is 40.7 Å². The zero-order valence-corrected chi connectivity index (χ0v) is 22.2. The predicted octanol–water partition coefficient (Wildman–Crippen LogP) is 4.48. The van der Waals surface area contributed by atoms with Crippen LogP contribution in [0.3, 0.4) is 0 Å². The smallest absolute Gasteiger partial charge is 0.243 e. The van der Waals surface area contributed by atoms with Crippen LogP contribution in [0.5, 0.6) is 5.75 Å². The lowest BCUT2D eigenvalue weighted by Gasteiger charge is -2.59. The lowest BCUT2D eigenvalue weighted by molar-refractivity contribution is -0.124. The van der Waals surface area contributed by atoms with E-state index < -0.39 is 9.84 Å². The highest BCUT2D eigenvalue weighted by atomic mass is 32.2. The maximum Gasteiger partial charge on any atom is 0.243 e. The van der Waals surface area contributed by atoms with Crippen LogP contribution < -0.4 is 10.2 Å². The Labute approximate surface area is 205 Å². The topological polar surface area (TPSA) is 75.7 Å². The fourth-order valence-corrected chi connectivity index (χ4v) is 7.92. The fourth-order valence-electron chi connectivity index (χ4n) is 7.29. The predicted molar refractivity (Wildman–Crippen MR) is 134 cm³/mol. The summed E-state index contributed by atoms with van der Waals surface area (Å²) >= 11 is 0. The summed E-state index contributed by atoms with van der Waals surface area (Å²) in [5.41, 5.74) is 0.217. The fraction of sp³-hybridized carbons (Fsp3) is 0.667. The summed E-state index contributed by atoms with van der Waals surface area (Å²) in [6.45, 7) is 12.9. The van der Waals surface area contributed by atoms with E-state index in [1.165, 1.54) is 12.7 Å². The normalized spacial score (nSPS) is 39.1. The number of hydrogen-bond acceptors (Lipinski definition) is 5. The minimum absolute atomic E-state index is 0.0160. The molecule has 1 aromatic carbocycles. The Morgan fingerprint density at radius 2 is 1.79 bits per heavy atom. The van der Waals surface area contributed by atoms with Crippen molar-refractivity contribution in [2.75, 3.05) is 19.3 Å². The molecule has 1 saturated heterocycles. The van der Waals surface area contributed by atoms with Gasteiger partial charge in [0.05, 0.1) is 4.90 Å². The largest absolute Gasteiger partial charge is 0.406 e. The van der Waals surface area contributed by atoms with E-state index in [9.17, 15) is 13.2 Å². The second kappa shape index (κ2) is 8.98. The molecule has 2 heterocycles. The Hall–Kier alpha value is -1.86. The number of nitrogens with zero attached hydrogens (tertiary/aromatic N) is 1. The number of benzene rings is 1. The molecule has 1 amide bonds. The highest BCUT2D eigenvalue weighted by Gasteiger charge is 2.60. The summed E-state index contributed by atoms with van der Waals surface area (Å²) in [4.78, 5) is 18.5. The van der Waals surface area contributed by atoms with Crippen molar-refractivity contribution >= 4 is 15.7 Å². The van der Waals surface area contributed by atoms with Crippen LogP contribution in [0.15, 0.2) is 41.3 Å². The molecular formula is C27H40N2O4S. The van der Waals surface area contributed by atoms with Gasteiger partial charge in [-0.2, -0.15) is 0 Å².